The molecule has 2 aromatic rings. The second-order valence-electron chi connectivity index (χ2n) is 6.98. The van der Waals surface area contributed by atoms with Crippen LogP contribution in [0, 0.1) is 0 Å². The predicted molar refractivity (Wildman–Crippen MR) is 115 cm³/mol. The molecule has 0 spiro atoms. The second-order valence-corrected chi connectivity index (χ2v) is 7.85. The van der Waals surface area contributed by atoms with Crippen molar-refractivity contribution in [1.29, 1.82) is 0 Å². The molecule has 2 aromatic carbocycles. The fourth-order valence-electron chi connectivity index (χ4n) is 3.73. The van der Waals surface area contributed by atoms with Crippen LogP contribution in [0.1, 0.15) is 43.0 Å². The summed E-state index contributed by atoms with van der Waals surface area (Å²) in [7, 11) is 0. The molecule has 4 nitrogen and oxygen atoms in total. The first kappa shape index (κ1) is 21.6. The highest BCUT2D eigenvalue weighted by molar-refractivity contribution is 6.30. The van der Waals surface area contributed by atoms with Crippen LogP contribution in [0.15, 0.2) is 61.2 Å². The topological polar surface area (TPSA) is 46.6 Å². The van der Waals surface area contributed by atoms with Crippen LogP contribution in [0.25, 0.3) is 0 Å². The number of hydrogen-bond donors (Lipinski definition) is 0. The Kier molecular flexibility index (Phi) is 7.12. The van der Waals surface area contributed by atoms with Gasteiger partial charge in [-0.05, 0) is 41.8 Å². The molecule has 0 saturated carbocycles. The molecule has 29 heavy (non-hydrogen) atoms. The van der Waals surface area contributed by atoms with Gasteiger partial charge in [0.15, 0.2) is 0 Å². The SMILES string of the molecule is C=CC[C@@H]1O[C@H](c2cccc(Cl)c2)[C@@H](c2ccc(Cl)cc2)N([C@H](C=O)CC)C1=O. The van der Waals surface area contributed by atoms with Gasteiger partial charge in [0.05, 0.1) is 12.1 Å². The highest BCUT2D eigenvalue weighted by Crippen LogP contribution is 2.44. The van der Waals surface area contributed by atoms with E-state index >= 15 is 0 Å². The molecule has 4 atom stereocenters. The number of benzene rings is 2. The molecular formula is C23H23Cl2NO3. The van der Waals surface area contributed by atoms with E-state index in [0.717, 1.165) is 17.4 Å². The number of nitrogens with zero attached hydrogens (tertiary/aromatic N) is 1. The number of carbonyl (C=O) groups is 2. The van der Waals surface area contributed by atoms with Crippen LogP contribution >= 0.6 is 23.2 Å². The molecule has 1 amide bonds. The Labute approximate surface area is 181 Å². The average molecular weight is 432 g/mol. The molecule has 0 bridgehead atoms. The summed E-state index contributed by atoms with van der Waals surface area (Å²) >= 11 is 12.3. The summed E-state index contributed by atoms with van der Waals surface area (Å²) in [5.74, 6) is -0.220. The van der Waals surface area contributed by atoms with E-state index < -0.39 is 24.3 Å². The monoisotopic (exact) mass is 431 g/mol. The molecule has 0 N–H and O–H groups in total. The first-order chi connectivity index (χ1) is 14.0. The summed E-state index contributed by atoms with van der Waals surface area (Å²) in [6.07, 6.45) is 2.13. The van der Waals surface area contributed by atoms with Gasteiger partial charge in [-0.15, -0.1) is 6.58 Å². The largest absolute Gasteiger partial charge is 0.358 e. The Morgan fingerprint density at radius 2 is 1.86 bits per heavy atom. The zero-order valence-electron chi connectivity index (χ0n) is 16.1. The van der Waals surface area contributed by atoms with Gasteiger partial charge >= 0.3 is 0 Å². The van der Waals surface area contributed by atoms with Crippen molar-refractivity contribution in [2.24, 2.45) is 0 Å². The molecule has 152 valence electrons. The van der Waals surface area contributed by atoms with Gasteiger partial charge in [0.2, 0.25) is 0 Å². The lowest BCUT2D eigenvalue weighted by Gasteiger charge is -2.46. The minimum Gasteiger partial charge on any atom is -0.358 e. The number of rotatable bonds is 7. The minimum atomic E-state index is -0.714. The van der Waals surface area contributed by atoms with Crippen molar-refractivity contribution in [2.75, 3.05) is 0 Å². The summed E-state index contributed by atoms with van der Waals surface area (Å²) in [6, 6.07) is 13.6. The van der Waals surface area contributed by atoms with Gasteiger partial charge in [-0.25, -0.2) is 0 Å². The Balaban J connectivity index is 2.17. The maximum atomic E-state index is 13.3. The first-order valence-corrected chi connectivity index (χ1v) is 10.3. The molecule has 1 saturated heterocycles. The van der Waals surface area contributed by atoms with Gasteiger partial charge in [0.1, 0.15) is 18.5 Å². The summed E-state index contributed by atoms with van der Waals surface area (Å²) < 4.78 is 6.28. The van der Waals surface area contributed by atoms with E-state index in [1.807, 2.05) is 37.3 Å². The van der Waals surface area contributed by atoms with Gasteiger partial charge in [0, 0.05) is 16.5 Å². The Morgan fingerprint density at radius 1 is 1.14 bits per heavy atom. The number of ether oxygens (including phenoxy) is 1. The van der Waals surface area contributed by atoms with Crippen molar-refractivity contribution in [1.82, 2.24) is 4.90 Å². The van der Waals surface area contributed by atoms with Crippen molar-refractivity contribution < 1.29 is 14.3 Å². The van der Waals surface area contributed by atoms with Gasteiger partial charge < -0.3 is 14.4 Å². The maximum absolute atomic E-state index is 13.3. The van der Waals surface area contributed by atoms with Crippen LogP contribution in [-0.4, -0.2) is 29.2 Å². The summed E-state index contributed by atoms with van der Waals surface area (Å²) in [6.45, 7) is 5.63. The Hall–Kier alpha value is -2.14. The lowest BCUT2D eigenvalue weighted by atomic mass is 9.89. The van der Waals surface area contributed by atoms with Crippen LogP contribution < -0.4 is 0 Å². The zero-order chi connectivity index (χ0) is 21.0. The molecule has 3 rings (SSSR count). The van der Waals surface area contributed by atoms with Crippen LogP contribution in [0.5, 0.6) is 0 Å². The molecule has 6 heteroatoms. The third-order valence-corrected chi connectivity index (χ3v) is 5.62. The lowest BCUT2D eigenvalue weighted by molar-refractivity contribution is -0.179. The number of aldehydes is 1. The smallest absolute Gasteiger partial charge is 0.253 e. The number of amides is 1. The van der Waals surface area contributed by atoms with E-state index in [4.69, 9.17) is 27.9 Å². The summed E-state index contributed by atoms with van der Waals surface area (Å²) in [5.41, 5.74) is 1.68. The molecule has 0 radical (unpaired) electrons. The highest BCUT2D eigenvalue weighted by atomic mass is 35.5. The van der Waals surface area contributed by atoms with Crippen LogP contribution in [0.2, 0.25) is 10.0 Å². The summed E-state index contributed by atoms with van der Waals surface area (Å²) in [4.78, 5) is 26.8. The number of carbonyl (C=O) groups excluding carboxylic acids is 2. The zero-order valence-corrected chi connectivity index (χ0v) is 17.6. The standard InChI is InChI=1S/C23H23Cl2NO3/c1-3-6-20-23(28)26(19(4-2)14-27)21(15-9-11-17(24)12-10-15)22(29-20)16-7-5-8-18(25)13-16/h3,5,7-14,19-22H,1,4,6H2,2H3/t19-,20-,21+,22+/m0/s1. The van der Waals surface area contributed by atoms with Crippen molar-refractivity contribution in [3.05, 3.63) is 82.4 Å². The highest BCUT2D eigenvalue weighted by Gasteiger charge is 2.46. The second kappa shape index (κ2) is 9.57. The van der Waals surface area contributed by atoms with Gasteiger partial charge in [-0.1, -0.05) is 60.5 Å². The fourth-order valence-corrected chi connectivity index (χ4v) is 4.06. The molecular weight excluding hydrogens is 409 g/mol. The Morgan fingerprint density at radius 3 is 2.45 bits per heavy atom. The van der Waals surface area contributed by atoms with E-state index in [1.165, 1.54) is 0 Å². The summed E-state index contributed by atoms with van der Waals surface area (Å²) in [5, 5.41) is 1.17. The molecule has 0 aliphatic carbocycles. The fraction of sp³-hybridized carbons (Fsp3) is 0.304. The van der Waals surface area contributed by atoms with E-state index in [0.29, 0.717) is 22.9 Å². The number of halogens is 2. The minimum absolute atomic E-state index is 0.220. The molecule has 1 fully saturated rings. The first-order valence-electron chi connectivity index (χ1n) is 9.54. The third kappa shape index (κ3) is 4.55. The van der Waals surface area contributed by atoms with Gasteiger partial charge in [-0.3, -0.25) is 4.79 Å². The van der Waals surface area contributed by atoms with E-state index in [9.17, 15) is 9.59 Å². The van der Waals surface area contributed by atoms with E-state index in [2.05, 4.69) is 6.58 Å². The van der Waals surface area contributed by atoms with Crippen LogP contribution in [-0.2, 0) is 14.3 Å². The third-order valence-electron chi connectivity index (χ3n) is 5.13. The van der Waals surface area contributed by atoms with Crippen LogP contribution in [0.4, 0.5) is 0 Å². The van der Waals surface area contributed by atoms with Crippen molar-refractivity contribution in [3.63, 3.8) is 0 Å². The van der Waals surface area contributed by atoms with Crippen LogP contribution in [0.3, 0.4) is 0 Å². The molecule has 1 aliphatic heterocycles. The van der Waals surface area contributed by atoms with E-state index in [1.54, 1.807) is 29.2 Å². The van der Waals surface area contributed by atoms with Crippen molar-refractivity contribution >= 4 is 35.4 Å². The molecule has 1 aliphatic rings. The maximum Gasteiger partial charge on any atom is 0.253 e. The average Bonchev–Trinajstić information content (AvgIpc) is 2.72. The number of hydrogen-bond acceptors (Lipinski definition) is 3. The van der Waals surface area contributed by atoms with Gasteiger partial charge in [0.25, 0.3) is 5.91 Å². The Bertz CT molecular complexity index is 884. The van der Waals surface area contributed by atoms with Crippen molar-refractivity contribution in [3.8, 4) is 0 Å². The van der Waals surface area contributed by atoms with Crippen molar-refractivity contribution in [2.45, 2.75) is 44.1 Å². The van der Waals surface area contributed by atoms with E-state index in [-0.39, 0.29) is 5.91 Å². The van der Waals surface area contributed by atoms with Gasteiger partial charge in [-0.2, -0.15) is 0 Å². The molecule has 0 aromatic heterocycles. The predicted octanol–water partition coefficient (Wildman–Crippen LogP) is 5.56. The lowest BCUT2D eigenvalue weighted by Crippen LogP contribution is -2.55. The molecule has 0 unspecified atom stereocenters. The quantitative estimate of drug-likeness (QED) is 0.425. The normalized spacial score (nSPS) is 22.9. The molecule has 1 heterocycles. The number of morpholine rings is 1.